The second-order valence-electron chi connectivity index (χ2n) is 7.88. The monoisotopic (exact) mass is 372 g/mol. The minimum absolute atomic E-state index is 0.0379. The van der Waals surface area contributed by atoms with E-state index in [9.17, 15) is 9.59 Å². The van der Waals surface area contributed by atoms with Gasteiger partial charge in [0.25, 0.3) is 0 Å². The second kappa shape index (κ2) is 9.33. The first-order chi connectivity index (χ1) is 13.0. The van der Waals surface area contributed by atoms with Crippen molar-refractivity contribution in [2.45, 2.75) is 51.5 Å². The minimum atomic E-state index is -0.0379. The van der Waals surface area contributed by atoms with Crippen LogP contribution in [0.25, 0.3) is 0 Å². The molecule has 0 spiro atoms. The van der Waals surface area contributed by atoms with Crippen molar-refractivity contribution in [3.05, 3.63) is 35.4 Å². The summed E-state index contributed by atoms with van der Waals surface area (Å²) >= 11 is 0. The molecule has 2 fully saturated rings. The number of benzene rings is 1. The van der Waals surface area contributed by atoms with Crippen LogP contribution in [0.15, 0.2) is 24.3 Å². The fourth-order valence-electron chi connectivity index (χ4n) is 4.36. The summed E-state index contributed by atoms with van der Waals surface area (Å²) in [6, 6.07) is 9.23. The summed E-state index contributed by atoms with van der Waals surface area (Å²) < 4.78 is 0. The van der Waals surface area contributed by atoms with Crippen molar-refractivity contribution in [3.63, 3.8) is 0 Å². The summed E-state index contributed by atoms with van der Waals surface area (Å²) in [6.45, 7) is 6.85. The van der Waals surface area contributed by atoms with Crippen molar-refractivity contribution in [1.82, 2.24) is 21.1 Å². The van der Waals surface area contributed by atoms with Gasteiger partial charge in [0.1, 0.15) is 0 Å². The molecule has 2 aliphatic rings. The quantitative estimate of drug-likeness (QED) is 0.665. The number of carbonyl (C=O) groups excluding carboxylic acids is 2. The van der Waals surface area contributed by atoms with Crippen LogP contribution < -0.4 is 16.2 Å². The Kier molecular flexibility index (Phi) is 6.85. The summed E-state index contributed by atoms with van der Waals surface area (Å²) in [4.78, 5) is 25.3. The molecule has 0 aromatic heterocycles. The van der Waals surface area contributed by atoms with Crippen molar-refractivity contribution in [3.8, 4) is 0 Å². The molecule has 148 valence electrons. The molecule has 2 unspecified atom stereocenters. The topological polar surface area (TPSA) is 73.5 Å². The van der Waals surface area contributed by atoms with Gasteiger partial charge in [0.15, 0.2) is 0 Å². The third-order valence-corrected chi connectivity index (χ3v) is 5.84. The fourth-order valence-corrected chi connectivity index (χ4v) is 4.36. The number of nitrogens with zero attached hydrogens (tertiary/aromatic N) is 1. The predicted molar refractivity (Wildman–Crippen MR) is 106 cm³/mol. The molecule has 27 heavy (non-hydrogen) atoms. The van der Waals surface area contributed by atoms with Gasteiger partial charge < -0.3 is 10.2 Å². The number of hydrogen-bond donors (Lipinski definition) is 3. The zero-order chi connectivity index (χ0) is 19.2. The van der Waals surface area contributed by atoms with Gasteiger partial charge in [-0.05, 0) is 37.7 Å². The number of hydrogen-bond acceptors (Lipinski definition) is 4. The van der Waals surface area contributed by atoms with Gasteiger partial charge in [-0.1, -0.05) is 29.8 Å². The Morgan fingerprint density at radius 1 is 1.26 bits per heavy atom. The number of amides is 2. The van der Waals surface area contributed by atoms with Gasteiger partial charge in [-0.15, -0.1) is 0 Å². The average Bonchev–Trinajstić information content (AvgIpc) is 3.15. The van der Waals surface area contributed by atoms with Crippen molar-refractivity contribution in [1.29, 1.82) is 0 Å². The van der Waals surface area contributed by atoms with E-state index in [1.54, 1.807) is 0 Å². The summed E-state index contributed by atoms with van der Waals surface area (Å²) in [5, 5.41) is 2.75. The maximum absolute atomic E-state index is 12.4. The van der Waals surface area contributed by atoms with E-state index < -0.39 is 0 Å². The summed E-state index contributed by atoms with van der Waals surface area (Å²) in [5.41, 5.74) is 9.55. The molecule has 0 bridgehead atoms. The van der Waals surface area contributed by atoms with Crippen LogP contribution in [0.4, 0.5) is 0 Å². The van der Waals surface area contributed by atoms with Crippen LogP contribution >= 0.6 is 0 Å². The highest BCUT2D eigenvalue weighted by atomic mass is 16.2. The van der Waals surface area contributed by atoms with E-state index in [2.05, 4.69) is 47.4 Å². The zero-order valence-electron chi connectivity index (χ0n) is 16.5. The van der Waals surface area contributed by atoms with Gasteiger partial charge >= 0.3 is 0 Å². The molecule has 2 aliphatic heterocycles. The Labute approximate surface area is 162 Å². The highest BCUT2D eigenvalue weighted by molar-refractivity contribution is 5.76. The third kappa shape index (κ3) is 5.30. The van der Waals surface area contributed by atoms with Crippen molar-refractivity contribution < 1.29 is 9.59 Å². The molecule has 0 radical (unpaired) electrons. The lowest BCUT2D eigenvalue weighted by Crippen LogP contribution is -2.45. The Hall–Kier alpha value is -1.92. The first-order valence-electron chi connectivity index (χ1n) is 10.1. The Balaban J connectivity index is 1.48. The second-order valence-corrected chi connectivity index (χ2v) is 7.88. The molecule has 3 rings (SSSR count). The Morgan fingerprint density at radius 2 is 2.04 bits per heavy atom. The largest absolute Gasteiger partial charge is 0.356 e. The van der Waals surface area contributed by atoms with Crippen LogP contribution in [-0.4, -0.2) is 48.9 Å². The molecule has 2 amide bonds. The third-order valence-electron chi connectivity index (χ3n) is 5.84. The molecule has 6 heteroatoms. The van der Waals surface area contributed by atoms with Crippen LogP contribution in [0.5, 0.6) is 0 Å². The van der Waals surface area contributed by atoms with Crippen LogP contribution in [0.2, 0.25) is 0 Å². The van der Waals surface area contributed by atoms with Gasteiger partial charge in [-0.2, -0.15) is 0 Å². The highest BCUT2D eigenvalue weighted by Crippen LogP contribution is 2.32. The van der Waals surface area contributed by atoms with E-state index in [4.69, 9.17) is 0 Å². The standard InChI is InChI=1S/C21H32N4O2/c1-15-5-3-6-18(13-15)19-14-23-24-21(19)17-8-11-25(12-9-17)20(27)7-4-10-22-16(2)26/h3,5-6,13,17,19,21,23-24H,4,7-12,14H2,1-2H3,(H,22,26). The molecule has 2 saturated heterocycles. The van der Waals surface area contributed by atoms with Gasteiger partial charge in [0.05, 0.1) is 0 Å². The van der Waals surface area contributed by atoms with Crippen LogP contribution in [0, 0.1) is 12.8 Å². The number of nitrogens with one attached hydrogen (secondary N) is 3. The molecule has 2 atom stereocenters. The summed E-state index contributed by atoms with van der Waals surface area (Å²) in [6.07, 6.45) is 3.31. The SMILES string of the molecule is CC(=O)NCCCC(=O)N1CCC(C2NNCC2c2cccc(C)c2)CC1. The molecule has 0 aliphatic carbocycles. The molecule has 0 saturated carbocycles. The van der Waals surface area contributed by atoms with Gasteiger partial charge in [0.2, 0.25) is 11.8 Å². The lowest BCUT2D eigenvalue weighted by Gasteiger charge is -2.36. The summed E-state index contributed by atoms with van der Waals surface area (Å²) in [5.74, 6) is 1.24. The fraction of sp³-hybridized carbons (Fsp3) is 0.619. The molecular weight excluding hydrogens is 340 g/mol. The van der Waals surface area contributed by atoms with Gasteiger partial charge in [-0.3, -0.25) is 20.4 Å². The van der Waals surface area contributed by atoms with Crippen molar-refractivity contribution in [2.24, 2.45) is 5.92 Å². The lowest BCUT2D eigenvalue weighted by atomic mass is 9.80. The van der Waals surface area contributed by atoms with Crippen LogP contribution in [0.1, 0.15) is 49.7 Å². The van der Waals surface area contributed by atoms with E-state index in [1.807, 2.05) is 4.90 Å². The number of hydrazine groups is 1. The van der Waals surface area contributed by atoms with Gasteiger partial charge in [-0.25, -0.2) is 0 Å². The van der Waals surface area contributed by atoms with Crippen molar-refractivity contribution in [2.75, 3.05) is 26.2 Å². The van der Waals surface area contributed by atoms with Crippen molar-refractivity contribution >= 4 is 11.8 Å². The molecule has 3 N–H and O–H groups in total. The van der Waals surface area contributed by atoms with Gasteiger partial charge in [0, 0.05) is 51.5 Å². The number of likely N-dealkylation sites (tertiary alicyclic amines) is 1. The molecular formula is C21H32N4O2. The molecule has 1 aromatic rings. The maximum Gasteiger partial charge on any atom is 0.222 e. The summed E-state index contributed by atoms with van der Waals surface area (Å²) in [7, 11) is 0. The first kappa shape index (κ1) is 19.8. The number of carbonyl (C=O) groups is 2. The van der Waals surface area contributed by atoms with Crippen LogP contribution in [-0.2, 0) is 9.59 Å². The zero-order valence-corrected chi connectivity index (χ0v) is 16.5. The average molecular weight is 373 g/mol. The Morgan fingerprint density at radius 3 is 2.74 bits per heavy atom. The van der Waals surface area contributed by atoms with Crippen LogP contribution in [0.3, 0.4) is 0 Å². The predicted octanol–water partition coefficient (Wildman–Crippen LogP) is 1.71. The number of rotatable bonds is 6. The van der Waals surface area contributed by atoms with E-state index >= 15 is 0 Å². The highest BCUT2D eigenvalue weighted by Gasteiger charge is 2.36. The number of piperidine rings is 1. The normalized spacial score (nSPS) is 23.4. The number of aryl methyl sites for hydroxylation is 1. The lowest BCUT2D eigenvalue weighted by molar-refractivity contribution is -0.133. The molecule has 1 aromatic carbocycles. The Bertz CT molecular complexity index is 655. The van der Waals surface area contributed by atoms with E-state index in [-0.39, 0.29) is 11.8 Å². The smallest absolute Gasteiger partial charge is 0.222 e. The maximum atomic E-state index is 12.4. The van der Waals surface area contributed by atoms with E-state index in [1.165, 1.54) is 18.1 Å². The minimum Gasteiger partial charge on any atom is -0.356 e. The molecule has 2 heterocycles. The molecule has 6 nitrogen and oxygen atoms in total. The van der Waals surface area contributed by atoms with E-state index in [0.29, 0.717) is 37.3 Å². The van der Waals surface area contributed by atoms with E-state index in [0.717, 1.165) is 32.5 Å². The first-order valence-corrected chi connectivity index (χ1v) is 10.1.